The summed E-state index contributed by atoms with van der Waals surface area (Å²) in [5.41, 5.74) is -0.591. The summed E-state index contributed by atoms with van der Waals surface area (Å²) in [5, 5.41) is 81.7. The number of carbonyl (C=O) groups is 1. The molecule has 5 rings (SSSR count). The Kier molecular flexibility index (Phi) is 7.60. The largest absolute Gasteiger partial charge is 0.508 e. The third-order valence-corrected chi connectivity index (χ3v) is 6.96. The smallest absolute Gasteiger partial charge is 0.229 e. The summed E-state index contributed by atoms with van der Waals surface area (Å²) >= 11 is 0. The van der Waals surface area contributed by atoms with Gasteiger partial charge in [-0.3, -0.25) is 14.6 Å². The highest BCUT2D eigenvalue weighted by molar-refractivity contribution is 6.16. The summed E-state index contributed by atoms with van der Waals surface area (Å²) in [5.74, 6) is -2.48. The molecule has 0 aliphatic carbocycles. The zero-order valence-corrected chi connectivity index (χ0v) is 20.9. The number of Topliss-reactive ketones (excluding diaryl/α,β-unsaturated/α-hetero) is 1. The predicted octanol–water partition coefficient (Wildman–Crippen LogP) is -1.30. The van der Waals surface area contributed by atoms with Gasteiger partial charge in [-0.05, 0) is 31.2 Å². The fraction of sp³-hybridized carbons (Fsp3) is 0.423. The van der Waals surface area contributed by atoms with E-state index in [0.29, 0.717) is 0 Å². The van der Waals surface area contributed by atoms with Gasteiger partial charge in [0, 0.05) is 17.7 Å². The molecule has 2 fully saturated rings. The highest BCUT2D eigenvalue weighted by Crippen LogP contribution is 2.42. The number of phenolic OH excluding ortho intramolecular Hbond substituents is 2. The first-order valence-electron chi connectivity index (χ1n) is 12.3. The van der Waals surface area contributed by atoms with E-state index in [2.05, 4.69) is 0 Å². The Morgan fingerprint density at radius 1 is 0.850 bits per heavy atom. The summed E-state index contributed by atoms with van der Waals surface area (Å²) in [7, 11) is 0. The number of benzene rings is 2. The molecule has 8 N–H and O–H groups in total. The van der Waals surface area contributed by atoms with Crippen LogP contribution in [0.2, 0.25) is 0 Å². The maximum absolute atomic E-state index is 13.9. The van der Waals surface area contributed by atoms with Gasteiger partial charge in [-0.2, -0.15) is 0 Å². The lowest BCUT2D eigenvalue weighted by Gasteiger charge is -2.38. The average molecular weight is 564 g/mol. The quantitative estimate of drug-likeness (QED) is 0.202. The SMILES string of the molecule is C[C@@H]1O[C@@H](Oc2cc(O)c3c(c2)OOC(c2ccc(O)cc2)=C([C@H]2OC[C@H](O)[C@H](O)[C@H]2O)C3=O)[C@H](O)[C@H](O)[C@H]1O. The van der Waals surface area contributed by atoms with E-state index in [1.807, 2.05) is 0 Å². The van der Waals surface area contributed by atoms with Crippen molar-refractivity contribution in [1.29, 1.82) is 0 Å². The monoisotopic (exact) mass is 564 g/mol. The molecule has 216 valence electrons. The van der Waals surface area contributed by atoms with Crippen molar-refractivity contribution >= 4 is 11.5 Å². The summed E-state index contributed by atoms with van der Waals surface area (Å²) in [6.45, 7) is 1.02. The van der Waals surface area contributed by atoms with Crippen molar-refractivity contribution in [1.82, 2.24) is 0 Å². The van der Waals surface area contributed by atoms with E-state index in [9.17, 15) is 45.6 Å². The molecule has 3 heterocycles. The zero-order valence-electron chi connectivity index (χ0n) is 20.9. The predicted molar refractivity (Wildman–Crippen MR) is 130 cm³/mol. The van der Waals surface area contributed by atoms with Crippen molar-refractivity contribution in [3.05, 3.63) is 53.1 Å². The minimum atomic E-state index is -1.78. The number of rotatable bonds is 4. The molecule has 14 nitrogen and oxygen atoms in total. The summed E-state index contributed by atoms with van der Waals surface area (Å²) in [6.07, 6.45) is -13.4. The van der Waals surface area contributed by atoms with Crippen molar-refractivity contribution < 1.29 is 69.6 Å². The van der Waals surface area contributed by atoms with E-state index < -0.39 is 78.8 Å². The number of aliphatic hydroxyl groups excluding tert-OH is 6. The molecule has 0 amide bonds. The number of ketones is 1. The van der Waals surface area contributed by atoms with Crippen LogP contribution in [0.15, 0.2) is 42.0 Å². The lowest BCUT2D eigenvalue weighted by atomic mass is 9.87. The second-order valence-corrected chi connectivity index (χ2v) is 9.70. The summed E-state index contributed by atoms with van der Waals surface area (Å²) in [6, 6.07) is 7.52. The van der Waals surface area contributed by atoms with Crippen LogP contribution in [0.5, 0.6) is 23.0 Å². The molecule has 0 aromatic heterocycles. The first kappa shape index (κ1) is 28.1. The van der Waals surface area contributed by atoms with Gasteiger partial charge in [-0.25, -0.2) is 0 Å². The molecule has 2 aromatic carbocycles. The van der Waals surface area contributed by atoms with Crippen molar-refractivity contribution in [3.8, 4) is 23.0 Å². The molecule has 0 unspecified atom stereocenters. The average Bonchev–Trinajstić information content (AvgIpc) is 3.06. The van der Waals surface area contributed by atoms with E-state index in [0.717, 1.165) is 12.1 Å². The van der Waals surface area contributed by atoms with Crippen LogP contribution in [0, 0.1) is 0 Å². The fourth-order valence-corrected chi connectivity index (χ4v) is 4.69. The van der Waals surface area contributed by atoms with Gasteiger partial charge in [0.05, 0.1) is 18.3 Å². The van der Waals surface area contributed by atoms with Gasteiger partial charge in [0.15, 0.2) is 11.5 Å². The number of hydrogen-bond acceptors (Lipinski definition) is 14. The van der Waals surface area contributed by atoms with Gasteiger partial charge < -0.3 is 55.1 Å². The van der Waals surface area contributed by atoms with Crippen molar-refractivity contribution in [2.45, 2.75) is 62.0 Å². The van der Waals surface area contributed by atoms with Gasteiger partial charge in [0.2, 0.25) is 12.1 Å². The second-order valence-electron chi connectivity index (χ2n) is 9.70. The van der Waals surface area contributed by atoms with Gasteiger partial charge >= 0.3 is 0 Å². The third kappa shape index (κ3) is 4.95. The number of carbonyl (C=O) groups excluding carboxylic acids is 1. The standard InChI is InChI=1S/C26H28O14/c1-9-18(30)21(33)23(35)26(37-9)38-12-6-13(28)16-15(7-12)39-40-24(10-2-4-11(27)5-3-10)17(20(16)32)25-22(34)19(31)14(29)8-36-25/h2-7,9,14,18-19,21-23,25-31,33-35H,8H2,1H3/t9-,14-,18-,19-,21+,22+,23+,25+,26-/m0/s1. The number of fused-ring (bicyclic) bond motifs is 1. The lowest BCUT2D eigenvalue weighted by molar-refractivity contribution is -0.268. The number of aliphatic hydroxyl groups is 6. The van der Waals surface area contributed by atoms with Crippen LogP contribution in [0.25, 0.3) is 5.76 Å². The molecule has 2 saturated heterocycles. The van der Waals surface area contributed by atoms with Crippen molar-refractivity contribution in [2.24, 2.45) is 0 Å². The Morgan fingerprint density at radius 3 is 2.25 bits per heavy atom. The van der Waals surface area contributed by atoms with E-state index in [4.69, 9.17) is 24.0 Å². The van der Waals surface area contributed by atoms with Crippen LogP contribution in [0.3, 0.4) is 0 Å². The molecule has 0 spiro atoms. The number of aromatic hydroxyl groups is 2. The van der Waals surface area contributed by atoms with Crippen LogP contribution in [-0.4, -0.2) is 108 Å². The lowest BCUT2D eigenvalue weighted by Crippen LogP contribution is -2.58. The van der Waals surface area contributed by atoms with Gasteiger partial charge in [0.1, 0.15) is 65.5 Å². The molecule has 3 aliphatic rings. The molecular weight excluding hydrogens is 536 g/mol. The maximum Gasteiger partial charge on any atom is 0.229 e. The Hall–Kier alpha value is -3.47. The van der Waals surface area contributed by atoms with Crippen LogP contribution in [-0.2, 0) is 14.4 Å². The highest BCUT2D eigenvalue weighted by atomic mass is 17.2. The number of hydrogen-bond donors (Lipinski definition) is 8. The van der Waals surface area contributed by atoms with E-state index in [1.165, 1.54) is 31.2 Å². The van der Waals surface area contributed by atoms with E-state index >= 15 is 0 Å². The molecule has 3 aliphatic heterocycles. The van der Waals surface area contributed by atoms with E-state index in [1.54, 1.807) is 0 Å². The van der Waals surface area contributed by atoms with Crippen molar-refractivity contribution in [3.63, 3.8) is 0 Å². The minimum Gasteiger partial charge on any atom is -0.508 e. The maximum atomic E-state index is 13.9. The third-order valence-electron chi connectivity index (χ3n) is 6.96. The number of ether oxygens (including phenoxy) is 3. The Morgan fingerprint density at radius 2 is 1.55 bits per heavy atom. The second kappa shape index (κ2) is 10.8. The zero-order chi connectivity index (χ0) is 28.9. The molecule has 40 heavy (non-hydrogen) atoms. The number of phenols is 2. The molecule has 2 aromatic rings. The Labute approximate surface area is 226 Å². The molecular formula is C26H28O14. The van der Waals surface area contributed by atoms with Crippen LogP contribution in [0.4, 0.5) is 0 Å². The molecule has 0 saturated carbocycles. The van der Waals surface area contributed by atoms with Crippen molar-refractivity contribution in [2.75, 3.05) is 6.61 Å². The topological polar surface area (TPSA) is 225 Å². The molecule has 0 bridgehead atoms. The molecule has 0 radical (unpaired) electrons. The first-order valence-corrected chi connectivity index (χ1v) is 12.3. The van der Waals surface area contributed by atoms with Gasteiger partial charge in [-0.1, -0.05) is 0 Å². The van der Waals surface area contributed by atoms with Crippen LogP contribution < -0.4 is 9.62 Å². The van der Waals surface area contributed by atoms with Crippen LogP contribution in [0.1, 0.15) is 22.8 Å². The van der Waals surface area contributed by atoms with Crippen LogP contribution >= 0.6 is 0 Å². The Bertz CT molecular complexity index is 1290. The molecule has 9 atom stereocenters. The summed E-state index contributed by atoms with van der Waals surface area (Å²) < 4.78 is 16.5. The normalized spacial score (nSPS) is 34.4. The Balaban J connectivity index is 1.53. The summed E-state index contributed by atoms with van der Waals surface area (Å²) in [4.78, 5) is 24.8. The van der Waals surface area contributed by atoms with E-state index in [-0.39, 0.29) is 34.1 Å². The van der Waals surface area contributed by atoms with Gasteiger partial charge in [0.25, 0.3) is 0 Å². The fourth-order valence-electron chi connectivity index (χ4n) is 4.69. The van der Waals surface area contributed by atoms with Gasteiger partial charge in [-0.15, -0.1) is 0 Å². The minimum absolute atomic E-state index is 0.0962. The molecule has 14 heteroatoms. The first-order chi connectivity index (χ1) is 19.0. The highest BCUT2D eigenvalue weighted by Gasteiger charge is 2.46.